The molecule has 1 aromatic rings. The summed E-state index contributed by atoms with van der Waals surface area (Å²) in [5.74, 6) is 2.26. The predicted octanol–water partition coefficient (Wildman–Crippen LogP) is 2.38. The number of benzene rings is 1. The minimum atomic E-state index is 0.0958. The lowest BCUT2D eigenvalue weighted by Crippen LogP contribution is -2.08. The number of methoxy groups -OCH3 is 2. The molecule has 0 spiro atoms. The Balaban J connectivity index is 3.06. The highest BCUT2D eigenvalue weighted by Gasteiger charge is 2.13. The molecule has 1 aromatic carbocycles. The first-order valence-corrected chi connectivity index (χ1v) is 6.24. The van der Waals surface area contributed by atoms with E-state index >= 15 is 0 Å². The van der Waals surface area contributed by atoms with Gasteiger partial charge in [0.25, 0.3) is 0 Å². The molecule has 0 amide bonds. The van der Waals surface area contributed by atoms with Crippen molar-refractivity contribution >= 4 is 0 Å². The lowest BCUT2D eigenvalue weighted by atomic mass is 10.1. The van der Waals surface area contributed by atoms with Crippen LogP contribution in [0.5, 0.6) is 17.2 Å². The average molecular weight is 253 g/mol. The number of rotatable bonds is 7. The van der Waals surface area contributed by atoms with E-state index in [-0.39, 0.29) is 6.10 Å². The fourth-order valence-corrected chi connectivity index (χ4v) is 1.77. The van der Waals surface area contributed by atoms with Crippen molar-refractivity contribution in [2.75, 3.05) is 20.8 Å². The largest absolute Gasteiger partial charge is 0.496 e. The van der Waals surface area contributed by atoms with Crippen molar-refractivity contribution in [3.8, 4) is 17.2 Å². The second-order valence-electron chi connectivity index (χ2n) is 4.37. The van der Waals surface area contributed by atoms with Gasteiger partial charge in [-0.1, -0.05) is 0 Å². The Hall–Kier alpha value is -1.42. The van der Waals surface area contributed by atoms with Gasteiger partial charge in [0, 0.05) is 6.07 Å². The molecule has 0 aliphatic carbocycles. The van der Waals surface area contributed by atoms with E-state index < -0.39 is 0 Å². The van der Waals surface area contributed by atoms with Crippen molar-refractivity contribution in [2.24, 2.45) is 5.73 Å². The zero-order valence-corrected chi connectivity index (χ0v) is 11.7. The maximum absolute atomic E-state index is 5.71. The predicted molar refractivity (Wildman–Crippen MR) is 72.7 cm³/mol. The molecule has 4 heteroatoms. The number of ether oxygens (including phenoxy) is 3. The van der Waals surface area contributed by atoms with Crippen molar-refractivity contribution in [1.29, 1.82) is 0 Å². The normalized spacial score (nSPS) is 10.6. The van der Waals surface area contributed by atoms with Gasteiger partial charge in [-0.25, -0.2) is 0 Å². The average Bonchev–Trinajstić information content (AvgIpc) is 2.35. The summed E-state index contributed by atoms with van der Waals surface area (Å²) in [7, 11) is 3.30. The molecule has 1 rings (SSSR count). The van der Waals surface area contributed by atoms with Crippen LogP contribution in [0.15, 0.2) is 12.1 Å². The Morgan fingerprint density at radius 1 is 1.06 bits per heavy atom. The van der Waals surface area contributed by atoms with E-state index in [1.54, 1.807) is 14.2 Å². The Bertz CT molecular complexity index is 378. The van der Waals surface area contributed by atoms with Gasteiger partial charge in [-0.3, -0.25) is 0 Å². The third kappa shape index (κ3) is 3.81. The molecule has 0 saturated heterocycles. The highest BCUT2D eigenvalue weighted by Crippen LogP contribution is 2.35. The van der Waals surface area contributed by atoms with Gasteiger partial charge in [0.2, 0.25) is 0 Å². The highest BCUT2D eigenvalue weighted by atomic mass is 16.5. The van der Waals surface area contributed by atoms with Crippen LogP contribution < -0.4 is 19.9 Å². The maximum Gasteiger partial charge on any atom is 0.165 e. The monoisotopic (exact) mass is 253 g/mol. The molecule has 0 aromatic heterocycles. The summed E-state index contributed by atoms with van der Waals surface area (Å²) < 4.78 is 16.5. The van der Waals surface area contributed by atoms with Gasteiger partial charge >= 0.3 is 0 Å². The molecule has 0 radical (unpaired) electrons. The quantitative estimate of drug-likeness (QED) is 0.810. The topological polar surface area (TPSA) is 53.7 Å². The minimum absolute atomic E-state index is 0.0958. The second kappa shape index (κ2) is 7.11. The number of aryl methyl sites for hydroxylation is 1. The fraction of sp³-hybridized carbons (Fsp3) is 0.571. The summed E-state index contributed by atoms with van der Waals surface area (Å²) in [5.41, 5.74) is 6.63. The van der Waals surface area contributed by atoms with E-state index in [4.69, 9.17) is 19.9 Å². The molecule has 0 atom stereocenters. The van der Waals surface area contributed by atoms with E-state index in [1.807, 2.05) is 26.0 Å². The Kier molecular flexibility index (Phi) is 5.78. The molecule has 4 nitrogen and oxygen atoms in total. The summed E-state index contributed by atoms with van der Waals surface area (Å²) >= 11 is 0. The zero-order valence-electron chi connectivity index (χ0n) is 11.7. The lowest BCUT2D eigenvalue weighted by molar-refractivity contribution is 0.228. The van der Waals surface area contributed by atoms with Crippen LogP contribution in [0.1, 0.15) is 25.8 Å². The van der Waals surface area contributed by atoms with Crippen LogP contribution in [0.4, 0.5) is 0 Å². The van der Waals surface area contributed by atoms with Crippen LogP contribution in [0.25, 0.3) is 0 Å². The Morgan fingerprint density at radius 3 is 2.22 bits per heavy atom. The molecule has 0 aliphatic rings. The van der Waals surface area contributed by atoms with Crippen LogP contribution >= 0.6 is 0 Å². The Morgan fingerprint density at radius 2 is 1.72 bits per heavy atom. The van der Waals surface area contributed by atoms with E-state index in [9.17, 15) is 0 Å². The molecular weight excluding hydrogens is 230 g/mol. The van der Waals surface area contributed by atoms with Gasteiger partial charge in [-0.15, -0.1) is 0 Å². The van der Waals surface area contributed by atoms with E-state index in [1.165, 1.54) is 0 Å². The standard InChI is InChI=1S/C14H23NO3/c1-10(2)18-14-9-12(16-3)11(6-5-7-15)8-13(14)17-4/h8-10H,5-7,15H2,1-4H3. The number of nitrogens with two attached hydrogens (primary N) is 1. The highest BCUT2D eigenvalue weighted by molar-refractivity contribution is 5.50. The maximum atomic E-state index is 5.71. The first kappa shape index (κ1) is 14.6. The third-order valence-electron chi connectivity index (χ3n) is 2.58. The summed E-state index contributed by atoms with van der Waals surface area (Å²) in [5, 5.41) is 0. The molecule has 2 N–H and O–H groups in total. The van der Waals surface area contributed by atoms with Crippen LogP contribution in [0.2, 0.25) is 0 Å². The molecule has 18 heavy (non-hydrogen) atoms. The number of hydrogen-bond acceptors (Lipinski definition) is 4. The molecule has 0 bridgehead atoms. The smallest absolute Gasteiger partial charge is 0.165 e. The van der Waals surface area contributed by atoms with E-state index in [0.29, 0.717) is 12.3 Å². The van der Waals surface area contributed by atoms with Gasteiger partial charge in [0.15, 0.2) is 11.5 Å². The van der Waals surface area contributed by atoms with E-state index in [2.05, 4.69) is 0 Å². The van der Waals surface area contributed by atoms with Gasteiger partial charge in [-0.2, -0.15) is 0 Å². The number of hydrogen-bond donors (Lipinski definition) is 1. The van der Waals surface area contributed by atoms with Crippen LogP contribution in [0, 0.1) is 0 Å². The zero-order chi connectivity index (χ0) is 13.5. The van der Waals surface area contributed by atoms with Gasteiger partial charge < -0.3 is 19.9 Å². The first-order chi connectivity index (χ1) is 8.62. The molecule has 0 aliphatic heterocycles. The van der Waals surface area contributed by atoms with Crippen molar-refractivity contribution < 1.29 is 14.2 Å². The van der Waals surface area contributed by atoms with Crippen molar-refractivity contribution in [3.63, 3.8) is 0 Å². The summed E-state index contributed by atoms with van der Waals surface area (Å²) in [4.78, 5) is 0. The minimum Gasteiger partial charge on any atom is -0.496 e. The van der Waals surface area contributed by atoms with Gasteiger partial charge in [0.05, 0.1) is 20.3 Å². The van der Waals surface area contributed by atoms with Crippen LogP contribution in [-0.4, -0.2) is 26.9 Å². The van der Waals surface area contributed by atoms with Crippen molar-refractivity contribution in [2.45, 2.75) is 32.8 Å². The van der Waals surface area contributed by atoms with E-state index in [0.717, 1.165) is 29.9 Å². The van der Waals surface area contributed by atoms with Crippen molar-refractivity contribution in [3.05, 3.63) is 17.7 Å². The van der Waals surface area contributed by atoms with Crippen LogP contribution in [-0.2, 0) is 6.42 Å². The summed E-state index contributed by atoms with van der Waals surface area (Å²) in [6.07, 6.45) is 1.89. The molecule has 0 fully saturated rings. The second-order valence-corrected chi connectivity index (χ2v) is 4.37. The molecular formula is C14H23NO3. The van der Waals surface area contributed by atoms with Crippen LogP contribution in [0.3, 0.4) is 0 Å². The fourth-order valence-electron chi connectivity index (χ4n) is 1.77. The SMILES string of the molecule is COc1cc(OC(C)C)c(OC)cc1CCCN. The molecule has 0 unspecified atom stereocenters. The first-order valence-electron chi connectivity index (χ1n) is 6.24. The van der Waals surface area contributed by atoms with Gasteiger partial charge in [-0.05, 0) is 44.9 Å². The Labute approximate surface area is 109 Å². The molecule has 0 saturated carbocycles. The molecule has 0 heterocycles. The summed E-state index contributed by atoms with van der Waals surface area (Å²) in [6, 6.07) is 3.84. The third-order valence-corrected chi connectivity index (χ3v) is 2.58. The summed E-state index contributed by atoms with van der Waals surface area (Å²) in [6.45, 7) is 4.62. The van der Waals surface area contributed by atoms with Gasteiger partial charge in [0.1, 0.15) is 5.75 Å². The lowest BCUT2D eigenvalue weighted by Gasteiger charge is -2.17. The van der Waals surface area contributed by atoms with Crippen molar-refractivity contribution in [1.82, 2.24) is 0 Å². The molecule has 102 valence electrons.